The molecule has 122 valence electrons. The molecule has 25 heavy (non-hydrogen) atoms. The molecular weight excluding hydrogens is 316 g/mol. The lowest BCUT2D eigenvalue weighted by Crippen LogP contribution is -2.42. The lowest BCUT2D eigenvalue weighted by molar-refractivity contribution is -0.0840. The number of ether oxygens (including phenoxy) is 3. The van der Waals surface area contributed by atoms with Gasteiger partial charge in [0.15, 0.2) is 5.78 Å². The molecule has 2 aliphatic rings. The Morgan fingerprint density at radius 3 is 2.28 bits per heavy atom. The van der Waals surface area contributed by atoms with Gasteiger partial charge in [-0.3, -0.25) is 4.79 Å². The van der Waals surface area contributed by atoms with Crippen LogP contribution < -0.4 is 14.2 Å². The van der Waals surface area contributed by atoms with Crippen molar-refractivity contribution in [2.75, 3.05) is 7.11 Å². The molecule has 0 saturated carbocycles. The van der Waals surface area contributed by atoms with Gasteiger partial charge in [0.25, 0.3) is 5.79 Å². The van der Waals surface area contributed by atoms with Gasteiger partial charge in [-0.15, -0.1) is 0 Å². The summed E-state index contributed by atoms with van der Waals surface area (Å²) in [6.07, 6.45) is 3.16. The number of hydrogen-bond acceptors (Lipinski definition) is 4. The van der Waals surface area contributed by atoms with Gasteiger partial charge in [-0.05, 0) is 35.7 Å². The molecule has 1 aliphatic heterocycles. The van der Waals surface area contributed by atoms with E-state index in [1.807, 2.05) is 48.5 Å². The Balaban J connectivity index is 1.77. The van der Waals surface area contributed by atoms with Gasteiger partial charge in [0.05, 0.1) is 23.6 Å². The molecule has 0 radical (unpaired) electrons. The standard InChI is InChI=1S/C21H14O4/c1-23-16-8-4-7-14-20(16)15(22)11-12-21(14)24-17-9-2-5-13-6-3-10-18(25-21)19(13)17/h2-12H,1H3. The summed E-state index contributed by atoms with van der Waals surface area (Å²) in [6.45, 7) is 0. The van der Waals surface area contributed by atoms with Gasteiger partial charge < -0.3 is 14.2 Å². The van der Waals surface area contributed by atoms with Gasteiger partial charge in [0, 0.05) is 6.08 Å². The van der Waals surface area contributed by atoms with Gasteiger partial charge in [-0.25, -0.2) is 0 Å². The molecule has 0 amide bonds. The molecule has 0 saturated heterocycles. The Kier molecular flexibility index (Phi) is 2.74. The van der Waals surface area contributed by atoms with E-state index in [0.29, 0.717) is 16.9 Å². The van der Waals surface area contributed by atoms with Crippen LogP contribution in [0.1, 0.15) is 15.9 Å². The van der Waals surface area contributed by atoms with Crippen molar-refractivity contribution in [2.45, 2.75) is 5.79 Å². The summed E-state index contributed by atoms with van der Waals surface area (Å²) in [6, 6.07) is 17.2. The first kappa shape index (κ1) is 14.1. The minimum absolute atomic E-state index is 0.123. The summed E-state index contributed by atoms with van der Waals surface area (Å²) in [5, 5.41) is 1.98. The fourth-order valence-electron chi connectivity index (χ4n) is 3.57. The molecule has 0 fully saturated rings. The van der Waals surface area contributed by atoms with E-state index in [1.54, 1.807) is 19.3 Å². The van der Waals surface area contributed by atoms with Crippen molar-refractivity contribution in [3.05, 3.63) is 77.9 Å². The van der Waals surface area contributed by atoms with Crippen LogP contribution in [0.5, 0.6) is 17.2 Å². The maximum atomic E-state index is 12.4. The highest BCUT2D eigenvalue weighted by molar-refractivity contribution is 6.09. The summed E-state index contributed by atoms with van der Waals surface area (Å²) in [7, 11) is 1.55. The van der Waals surface area contributed by atoms with Crippen molar-refractivity contribution < 1.29 is 19.0 Å². The average Bonchev–Trinajstić information content (AvgIpc) is 2.65. The summed E-state index contributed by atoms with van der Waals surface area (Å²) in [4.78, 5) is 12.4. The molecule has 1 heterocycles. The molecule has 4 nitrogen and oxygen atoms in total. The molecule has 3 aromatic rings. The lowest BCUT2D eigenvalue weighted by Gasteiger charge is -2.39. The van der Waals surface area contributed by atoms with E-state index in [9.17, 15) is 4.79 Å². The number of methoxy groups -OCH3 is 1. The van der Waals surface area contributed by atoms with Gasteiger partial charge in [-0.1, -0.05) is 30.3 Å². The summed E-state index contributed by atoms with van der Waals surface area (Å²) in [5.74, 6) is 0.664. The largest absolute Gasteiger partial charge is 0.496 e. The first-order valence-corrected chi connectivity index (χ1v) is 8.03. The molecule has 0 unspecified atom stereocenters. The van der Waals surface area contributed by atoms with Crippen LogP contribution in [0, 0.1) is 0 Å². The van der Waals surface area contributed by atoms with E-state index < -0.39 is 5.79 Å². The monoisotopic (exact) mass is 330 g/mol. The topological polar surface area (TPSA) is 44.8 Å². The Labute approximate surface area is 144 Å². The third-order valence-corrected chi connectivity index (χ3v) is 4.67. The Morgan fingerprint density at radius 1 is 0.920 bits per heavy atom. The molecule has 0 atom stereocenters. The third kappa shape index (κ3) is 1.85. The summed E-state index contributed by atoms with van der Waals surface area (Å²) < 4.78 is 18.0. The SMILES string of the molecule is COc1cccc2c1C(=O)C=CC21Oc2cccc3cccc(c23)O1. The molecule has 4 heteroatoms. The normalized spacial score (nSPS) is 16.3. The fraction of sp³-hybridized carbons (Fsp3) is 0.0952. The van der Waals surface area contributed by atoms with Crippen molar-refractivity contribution in [1.82, 2.24) is 0 Å². The second-order valence-corrected chi connectivity index (χ2v) is 6.06. The number of allylic oxidation sites excluding steroid dienone is 1. The molecule has 1 spiro atoms. The number of ketones is 1. The molecule has 3 aromatic carbocycles. The van der Waals surface area contributed by atoms with E-state index in [0.717, 1.165) is 22.3 Å². The second kappa shape index (κ2) is 4.86. The van der Waals surface area contributed by atoms with Crippen LogP contribution in [0.4, 0.5) is 0 Å². The number of benzene rings is 3. The van der Waals surface area contributed by atoms with Crippen molar-refractivity contribution in [2.24, 2.45) is 0 Å². The average molecular weight is 330 g/mol. The highest BCUT2D eigenvalue weighted by Gasteiger charge is 2.44. The fourth-order valence-corrected chi connectivity index (χ4v) is 3.57. The Hall–Kier alpha value is -3.27. The van der Waals surface area contributed by atoms with E-state index in [1.165, 1.54) is 6.08 Å². The van der Waals surface area contributed by atoms with Crippen LogP contribution in [0.25, 0.3) is 10.8 Å². The molecular formula is C21H14O4. The van der Waals surface area contributed by atoms with Gasteiger partial charge in [0.2, 0.25) is 0 Å². The van der Waals surface area contributed by atoms with E-state index in [4.69, 9.17) is 14.2 Å². The van der Waals surface area contributed by atoms with Crippen molar-refractivity contribution in [1.29, 1.82) is 0 Å². The first-order chi connectivity index (χ1) is 12.2. The minimum atomic E-state index is -1.18. The maximum absolute atomic E-state index is 12.4. The van der Waals surface area contributed by atoms with Crippen LogP contribution in [0.3, 0.4) is 0 Å². The van der Waals surface area contributed by atoms with Gasteiger partial charge in [0.1, 0.15) is 17.2 Å². The summed E-state index contributed by atoms with van der Waals surface area (Å²) >= 11 is 0. The minimum Gasteiger partial charge on any atom is -0.496 e. The lowest BCUT2D eigenvalue weighted by atomic mass is 9.89. The van der Waals surface area contributed by atoms with Crippen LogP contribution >= 0.6 is 0 Å². The highest BCUT2D eigenvalue weighted by atomic mass is 16.7. The Bertz CT molecular complexity index is 1020. The first-order valence-electron chi connectivity index (χ1n) is 8.03. The second-order valence-electron chi connectivity index (χ2n) is 6.06. The predicted octanol–water partition coefficient (Wildman–Crippen LogP) is 4.23. The van der Waals surface area contributed by atoms with Crippen molar-refractivity contribution in [3.63, 3.8) is 0 Å². The predicted molar refractivity (Wildman–Crippen MR) is 93.3 cm³/mol. The van der Waals surface area contributed by atoms with Crippen LogP contribution in [0.15, 0.2) is 66.7 Å². The molecule has 0 bridgehead atoms. The van der Waals surface area contributed by atoms with Crippen LogP contribution in [-0.2, 0) is 5.79 Å². The van der Waals surface area contributed by atoms with E-state index >= 15 is 0 Å². The van der Waals surface area contributed by atoms with Crippen LogP contribution in [-0.4, -0.2) is 12.9 Å². The van der Waals surface area contributed by atoms with E-state index in [-0.39, 0.29) is 5.78 Å². The van der Waals surface area contributed by atoms with Crippen molar-refractivity contribution >= 4 is 16.6 Å². The number of carbonyl (C=O) groups is 1. The third-order valence-electron chi connectivity index (χ3n) is 4.67. The van der Waals surface area contributed by atoms with Gasteiger partial charge in [-0.2, -0.15) is 0 Å². The molecule has 0 N–H and O–H groups in total. The smallest absolute Gasteiger partial charge is 0.299 e. The van der Waals surface area contributed by atoms with Crippen molar-refractivity contribution in [3.8, 4) is 17.2 Å². The molecule has 5 rings (SSSR count). The highest BCUT2D eigenvalue weighted by Crippen LogP contribution is 2.48. The number of hydrogen-bond donors (Lipinski definition) is 0. The quantitative estimate of drug-likeness (QED) is 0.670. The van der Waals surface area contributed by atoms with Gasteiger partial charge >= 0.3 is 0 Å². The maximum Gasteiger partial charge on any atom is 0.299 e. The van der Waals surface area contributed by atoms with Crippen LogP contribution in [0.2, 0.25) is 0 Å². The van der Waals surface area contributed by atoms with E-state index in [2.05, 4.69) is 0 Å². The summed E-state index contributed by atoms with van der Waals surface area (Å²) in [5.41, 5.74) is 1.12. The number of carbonyl (C=O) groups excluding carboxylic acids is 1. The zero-order chi connectivity index (χ0) is 17.0. The molecule has 1 aliphatic carbocycles. The Morgan fingerprint density at radius 2 is 1.60 bits per heavy atom. The molecule has 0 aromatic heterocycles. The number of rotatable bonds is 1. The number of fused-ring (bicyclic) bond motifs is 2. The zero-order valence-electron chi connectivity index (χ0n) is 13.5. The zero-order valence-corrected chi connectivity index (χ0v) is 13.5.